The molecule has 49 heavy (non-hydrogen) atoms. The van der Waals surface area contributed by atoms with Crippen molar-refractivity contribution in [2.45, 2.75) is 181 Å². The summed E-state index contributed by atoms with van der Waals surface area (Å²) < 4.78 is 16.8. The molecular formula is C42H78N4O3. The number of aromatic nitrogens is 4. The number of rotatable bonds is 4. The first-order chi connectivity index (χ1) is 23.3. The van der Waals surface area contributed by atoms with Gasteiger partial charge >= 0.3 is 0 Å². The lowest BCUT2D eigenvalue weighted by molar-refractivity contribution is 0.188. The smallest absolute Gasteiger partial charge is 0.137 e. The van der Waals surface area contributed by atoms with E-state index in [9.17, 15) is 0 Å². The molecule has 0 aromatic carbocycles. The molecule has 284 valence electrons. The molecule has 1 unspecified atom stereocenters. The van der Waals surface area contributed by atoms with Crippen molar-refractivity contribution < 1.29 is 13.8 Å². The van der Waals surface area contributed by atoms with Gasteiger partial charge in [0.2, 0.25) is 0 Å². The van der Waals surface area contributed by atoms with Crippen molar-refractivity contribution in [3.8, 4) is 0 Å². The van der Waals surface area contributed by atoms with Crippen molar-refractivity contribution in [2.24, 2.45) is 23.7 Å². The molecule has 0 spiro atoms. The molecule has 1 saturated heterocycles. The van der Waals surface area contributed by atoms with Gasteiger partial charge in [-0.25, -0.2) is 0 Å². The third-order valence-corrected chi connectivity index (χ3v) is 9.99. The van der Waals surface area contributed by atoms with Gasteiger partial charge in [0.1, 0.15) is 11.5 Å². The van der Waals surface area contributed by atoms with Crippen LogP contribution in [0.3, 0.4) is 0 Å². The summed E-state index contributed by atoms with van der Waals surface area (Å²) in [4.78, 5) is 0. The highest BCUT2D eigenvalue weighted by molar-refractivity contribution is 5.20. The first-order valence-corrected chi connectivity index (χ1v) is 19.7. The van der Waals surface area contributed by atoms with Crippen molar-refractivity contribution in [3.63, 3.8) is 0 Å². The van der Waals surface area contributed by atoms with E-state index in [1.54, 1.807) is 0 Å². The maximum Gasteiger partial charge on any atom is 0.137 e. The molecule has 7 heteroatoms. The van der Waals surface area contributed by atoms with Crippen molar-refractivity contribution in [1.29, 1.82) is 0 Å². The Hall–Kier alpha value is -2.41. The van der Waals surface area contributed by atoms with Crippen LogP contribution in [0.5, 0.6) is 0 Å². The summed E-state index contributed by atoms with van der Waals surface area (Å²) in [6.45, 7) is 32.6. The number of hydrogen-bond acceptors (Lipinski definition) is 6. The van der Waals surface area contributed by atoms with Crippen LogP contribution >= 0.6 is 0 Å². The average molecular weight is 687 g/mol. The monoisotopic (exact) mass is 687 g/mol. The van der Waals surface area contributed by atoms with Crippen LogP contribution in [-0.4, -0.2) is 33.3 Å². The van der Waals surface area contributed by atoms with E-state index in [-0.39, 0.29) is 0 Å². The molecule has 1 atom stereocenters. The lowest BCUT2D eigenvalue weighted by atomic mass is 10.1. The summed E-state index contributed by atoms with van der Waals surface area (Å²) in [6.07, 6.45) is 18.7. The molecule has 0 radical (unpaired) electrons. The van der Waals surface area contributed by atoms with Gasteiger partial charge in [-0.05, 0) is 91.0 Å². The van der Waals surface area contributed by atoms with E-state index in [4.69, 9.17) is 13.8 Å². The first kappa shape index (κ1) is 46.6. The van der Waals surface area contributed by atoms with Gasteiger partial charge in [0.05, 0.1) is 11.4 Å². The second kappa shape index (κ2) is 28.3. The Balaban J connectivity index is 0.000000552. The normalized spacial score (nSPS) is 16.8. The van der Waals surface area contributed by atoms with Crippen LogP contribution in [0.4, 0.5) is 0 Å². The molecule has 7 nitrogen and oxygen atoms in total. The number of nitrogens with zero attached hydrogens (tertiary/aromatic N) is 4. The number of ether oxygens (including phenoxy) is 1. The van der Waals surface area contributed by atoms with Gasteiger partial charge in [-0.15, -0.1) is 0 Å². The van der Waals surface area contributed by atoms with E-state index in [0.29, 0.717) is 0 Å². The van der Waals surface area contributed by atoms with Crippen molar-refractivity contribution in [1.82, 2.24) is 20.1 Å². The predicted octanol–water partition coefficient (Wildman–Crippen LogP) is 12.5. The summed E-state index contributed by atoms with van der Waals surface area (Å²) in [5.41, 5.74) is 5.64. The molecule has 3 fully saturated rings. The zero-order valence-corrected chi connectivity index (χ0v) is 34.6. The van der Waals surface area contributed by atoms with Crippen molar-refractivity contribution >= 4 is 0 Å². The highest BCUT2D eigenvalue weighted by Crippen LogP contribution is 2.23. The lowest BCUT2D eigenvalue weighted by Crippen LogP contribution is -1.97. The predicted molar refractivity (Wildman–Crippen MR) is 208 cm³/mol. The molecule has 0 N–H and O–H groups in total. The van der Waals surface area contributed by atoms with Gasteiger partial charge in [0.15, 0.2) is 0 Å². The molecule has 0 bridgehead atoms. The maximum absolute atomic E-state index is 5.06. The first-order valence-electron chi connectivity index (χ1n) is 19.7. The Labute approximate surface area is 302 Å². The largest absolute Gasteiger partial charge is 0.381 e. The zero-order valence-electron chi connectivity index (χ0n) is 34.6. The third-order valence-electron chi connectivity index (χ3n) is 9.99. The fourth-order valence-corrected chi connectivity index (χ4v) is 5.47. The van der Waals surface area contributed by atoms with Crippen LogP contribution < -0.4 is 0 Å². The second-order valence-corrected chi connectivity index (χ2v) is 14.6. The summed E-state index contributed by atoms with van der Waals surface area (Å²) in [6, 6.07) is 2.00. The molecule has 2 aliphatic carbocycles. The minimum Gasteiger partial charge on any atom is -0.381 e. The standard InChI is InChI=1S/C7H11NO.C6H10N2.C6H9NO.2C6H12.C6H14.C5H10O/c1-4-7-5(2)8-9-6(7)3;1-3-8-6(2)4-5-7-8;1-4-5(2)7-8-6(4)3;2*1-6-4-2-3-5-6;1-4-6(3)5-2;1-5-2-3-6-4-5/h4H2,1-3H3;4-5H,3H2,1-2H3;1-3H3;2*6H,2-5H2,1H3;6H,4-5H2,1-3H3;5H,2-4H2,1H3. The van der Waals surface area contributed by atoms with E-state index in [2.05, 4.69) is 77.7 Å². The van der Waals surface area contributed by atoms with E-state index in [1.165, 1.54) is 81.9 Å². The minimum atomic E-state index is 0.824. The zero-order chi connectivity index (χ0) is 37.2. The van der Waals surface area contributed by atoms with Gasteiger partial charge in [0, 0.05) is 42.8 Å². The van der Waals surface area contributed by atoms with E-state index < -0.39 is 0 Å². The topological polar surface area (TPSA) is 79.1 Å². The third kappa shape index (κ3) is 22.1. The molecule has 1 aliphatic heterocycles. The Morgan fingerprint density at radius 2 is 1.22 bits per heavy atom. The van der Waals surface area contributed by atoms with Crippen LogP contribution in [-0.2, 0) is 17.7 Å². The van der Waals surface area contributed by atoms with E-state index >= 15 is 0 Å². The van der Waals surface area contributed by atoms with Gasteiger partial charge < -0.3 is 13.8 Å². The summed E-state index contributed by atoms with van der Waals surface area (Å²) in [5, 5.41) is 11.6. The summed E-state index contributed by atoms with van der Waals surface area (Å²) >= 11 is 0. The van der Waals surface area contributed by atoms with Gasteiger partial charge in [-0.1, -0.05) is 123 Å². The van der Waals surface area contributed by atoms with Gasteiger partial charge in [-0.2, -0.15) is 5.10 Å². The van der Waals surface area contributed by atoms with Crippen LogP contribution in [0.25, 0.3) is 0 Å². The van der Waals surface area contributed by atoms with Crippen LogP contribution in [0.1, 0.15) is 166 Å². The molecule has 2 saturated carbocycles. The van der Waals surface area contributed by atoms with Gasteiger partial charge in [0.25, 0.3) is 0 Å². The van der Waals surface area contributed by atoms with E-state index in [1.807, 2.05) is 51.6 Å². The van der Waals surface area contributed by atoms with Crippen molar-refractivity contribution in [2.75, 3.05) is 13.2 Å². The Morgan fingerprint density at radius 3 is 1.37 bits per heavy atom. The molecule has 6 rings (SSSR count). The fourth-order valence-electron chi connectivity index (χ4n) is 5.47. The SMILES string of the molecule is CC1CCCC1.CC1CCCC1.CC1CCOC1.CCC(C)CC.CCc1c(C)noc1C.CCn1nccc1C.Cc1noc(C)c1C. The molecule has 3 aromatic heterocycles. The van der Waals surface area contributed by atoms with Crippen LogP contribution in [0, 0.1) is 65.2 Å². The Kier molecular flexibility index (Phi) is 26.9. The molecule has 3 aromatic rings. The highest BCUT2D eigenvalue weighted by Gasteiger charge is 2.09. The maximum atomic E-state index is 5.06. The van der Waals surface area contributed by atoms with Crippen LogP contribution in [0.15, 0.2) is 21.3 Å². The van der Waals surface area contributed by atoms with E-state index in [0.717, 1.165) is 78.3 Å². The molecule has 4 heterocycles. The molecule has 0 amide bonds. The average Bonchev–Trinajstić information content (AvgIpc) is 3.97. The minimum absolute atomic E-state index is 0.824. The summed E-state index contributed by atoms with van der Waals surface area (Å²) in [7, 11) is 0. The molecule has 3 aliphatic rings. The lowest BCUT2D eigenvalue weighted by Gasteiger charge is -1.98. The van der Waals surface area contributed by atoms with Crippen molar-refractivity contribution in [3.05, 3.63) is 52.0 Å². The summed E-state index contributed by atoms with van der Waals surface area (Å²) in [5.74, 6) is 5.72. The van der Waals surface area contributed by atoms with Gasteiger partial charge in [-0.3, -0.25) is 4.68 Å². The number of hydrogen-bond donors (Lipinski definition) is 0. The molecular weight excluding hydrogens is 608 g/mol. The van der Waals surface area contributed by atoms with Crippen LogP contribution in [0.2, 0.25) is 0 Å². The quantitative estimate of drug-likeness (QED) is 0.272. The fraction of sp³-hybridized carbons (Fsp3) is 0.786. The Bertz CT molecular complexity index is 1090. The Morgan fingerprint density at radius 1 is 0.714 bits per heavy atom. The second-order valence-electron chi connectivity index (χ2n) is 14.6. The highest BCUT2D eigenvalue weighted by atomic mass is 16.5. The number of aryl methyl sites for hydroxylation is 6.